The normalized spacial score (nSPS) is 20.4. The summed E-state index contributed by atoms with van der Waals surface area (Å²) in [5.74, 6) is -5.38. The minimum Gasteiger partial charge on any atom is -0.343 e. The summed E-state index contributed by atoms with van der Waals surface area (Å²) in [6.45, 7) is -0.119. The van der Waals surface area contributed by atoms with E-state index >= 15 is 0 Å². The number of nitrogens with one attached hydrogen (secondary N) is 1. The molecule has 1 aliphatic rings. The van der Waals surface area contributed by atoms with Crippen molar-refractivity contribution in [2.45, 2.75) is 21.7 Å². The second-order valence-corrected chi connectivity index (χ2v) is 9.34. The lowest BCUT2D eigenvalue weighted by molar-refractivity contribution is -0.143. The number of benzene rings is 2. The molecule has 35 heavy (non-hydrogen) atoms. The number of nitrogens with zero attached hydrogens (tertiary/aromatic N) is 3. The van der Waals surface area contributed by atoms with E-state index in [1.54, 1.807) is 30.3 Å². The number of anilines is 1. The molecule has 1 aliphatic heterocycles. The minimum atomic E-state index is -4.71. The zero-order valence-corrected chi connectivity index (χ0v) is 19.3. The summed E-state index contributed by atoms with van der Waals surface area (Å²) in [4.78, 5) is 28.9. The SMILES string of the molecule is CN1CC(c2cc(C(F)(F)F)n(C)n2)C(Sc2ccccc2)(C(=O)Nc2cccc(F)c2F)C1=O. The van der Waals surface area contributed by atoms with E-state index in [-0.39, 0.29) is 12.2 Å². The molecule has 2 amide bonds. The number of hydrogen-bond donors (Lipinski definition) is 1. The number of alkyl halides is 3. The molecule has 0 saturated carbocycles. The van der Waals surface area contributed by atoms with Gasteiger partial charge in [0.05, 0.1) is 17.3 Å². The van der Waals surface area contributed by atoms with Crippen LogP contribution in [0.1, 0.15) is 17.3 Å². The number of thioether (sulfide) groups is 1. The third-order valence-electron chi connectivity index (χ3n) is 5.72. The highest BCUT2D eigenvalue weighted by molar-refractivity contribution is 8.02. The molecular weight excluding hydrogens is 491 g/mol. The van der Waals surface area contributed by atoms with Crippen LogP contribution in [0, 0.1) is 11.6 Å². The molecule has 3 aromatic rings. The van der Waals surface area contributed by atoms with Crippen molar-refractivity contribution >= 4 is 29.3 Å². The first-order chi connectivity index (χ1) is 16.4. The molecule has 0 radical (unpaired) electrons. The number of likely N-dealkylation sites (tertiary alicyclic amines) is 1. The van der Waals surface area contributed by atoms with Gasteiger partial charge in [0, 0.05) is 25.5 Å². The lowest BCUT2D eigenvalue weighted by atomic mass is 9.90. The number of carbonyl (C=O) groups excluding carboxylic acids is 2. The topological polar surface area (TPSA) is 67.2 Å². The highest BCUT2D eigenvalue weighted by Crippen LogP contribution is 2.50. The monoisotopic (exact) mass is 510 g/mol. The Morgan fingerprint density at radius 1 is 1.11 bits per heavy atom. The Bertz CT molecular complexity index is 1280. The van der Waals surface area contributed by atoms with Crippen LogP contribution in [0.25, 0.3) is 0 Å². The molecular formula is C23H19F5N4O2S. The van der Waals surface area contributed by atoms with Crippen molar-refractivity contribution in [3.05, 3.63) is 77.6 Å². The quantitative estimate of drug-likeness (QED) is 0.407. The molecule has 2 aromatic carbocycles. The summed E-state index contributed by atoms with van der Waals surface area (Å²) in [6.07, 6.45) is -4.71. The molecule has 2 unspecified atom stereocenters. The zero-order valence-electron chi connectivity index (χ0n) is 18.4. The maximum absolute atomic E-state index is 14.3. The summed E-state index contributed by atoms with van der Waals surface area (Å²) in [5, 5.41) is 6.25. The van der Waals surface area contributed by atoms with E-state index in [0.29, 0.717) is 9.58 Å². The van der Waals surface area contributed by atoms with Crippen LogP contribution in [0.2, 0.25) is 0 Å². The maximum atomic E-state index is 14.3. The van der Waals surface area contributed by atoms with Crippen molar-refractivity contribution < 1.29 is 31.5 Å². The largest absolute Gasteiger partial charge is 0.433 e. The van der Waals surface area contributed by atoms with Crippen molar-refractivity contribution in [1.29, 1.82) is 0 Å². The van der Waals surface area contributed by atoms with Crippen molar-refractivity contribution in [3.63, 3.8) is 0 Å². The van der Waals surface area contributed by atoms with E-state index in [9.17, 15) is 31.5 Å². The summed E-state index contributed by atoms with van der Waals surface area (Å²) < 4.78 is 67.1. The highest BCUT2D eigenvalue weighted by atomic mass is 32.2. The first kappa shape index (κ1) is 24.7. The number of carbonyl (C=O) groups is 2. The number of aromatic nitrogens is 2. The second kappa shape index (κ2) is 8.99. The summed E-state index contributed by atoms with van der Waals surface area (Å²) >= 11 is 0.824. The molecule has 184 valence electrons. The molecule has 2 heterocycles. The van der Waals surface area contributed by atoms with Gasteiger partial charge in [0.15, 0.2) is 16.4 Å². The van der Waals surface area contributed by atoms with Crippen molar-refractivity contribution in [2.75, 3.05) is 18.9 Å². The van der Waals surface area contributed by atoms with Gasteiger partial charge < -0.3 is 10.2 Å². The van der Waals surface area contributed by atoms with Crippen molar-refractivity contribution in [1.82, 2.24) is 14.7 Å². The molecule has 1 fully saturated rings. The average Bonchev–Trinajstić information content (AvgIpc) is 3.31. The summed E-state index contributed by atoms with van der Waals surface area (Å²) in [5.41, 5.74) is -1.68. The molecule has 6 nitrogen and oxygen atoms in total. The fourth-order valence-electron chi connectivity index (χ4n) is 4.05. The Balaban J connectivity index is 1.86. The van der Waals surface area contributed by atoms with Gasteiger partial charge in [-0.2, -0.15) is 18.3 Å². The summed E-state index contributed by atoms with van der Waals surface area (Å²) in [7, 11) is 2.52. The van der Waals surface area contributed by atoms with Gasteiger partial charge in [-0.05, 0) is 30.3 Å². The Labute approximate surface area is 201 Å². The van der Waals surface area contributed by atoms with Crippen LogP contribution in [-0.2, 0) is 22.8 Å². The Hall–Kier alpha value is -3.41. The molecule has 1 aromatic heterocycles. The van der Waals surface area contributed by atoms with Crippen molar-refractivity contribution in [2.24, 2.45) is 7.05 Å². The van der Waals surface area contributed by atoms with E-state index in [2.05, 4.69) is 10.4 Å². The predicted octanol–water partition coefficient (Wildman–Crippen LogP) is 4.44. The van der Waals surface area contributed by atoms with E-state index in [1.807, 2.05) is 0 Å². The number of aryl methyl sites for hydroxylation is 1. The van der Waals surface area contributed by atoms with Crippen LogP contribution in [0.5, 0.6) is 0 Å². The van der Waals surface area contributed by atoms with Crippen molar-refractivity contribution in [3.8, 4) is 0 Å². The van der Waals surface area contributed by atoms with Gasteiger partial charge in [0.25, 0.3) is 5.91 Å². The van der Waals surface area contributed by atoms with Gasteiger partial charge in [0.1, 0.15) is 5.69 Å². The Morgan fingerprint density at radius 3 is 2.43 bits per heavy atom. The van der Waals surface area contributed by atoms with Crippen LogP contribution < -0.4 is 5.32 Å². The third kappa shape index (κ3) is 4.38. The summed E-state index contributed by atoms with van der Waals surface area (Å²) in [6, 6.07) is 12.3. The first-order valence-electron chi connectivity index (χ1n) is 10.3. The average molecular weight is 510 g/mol. The van der Waals surface area contributed by atoms with Crippen LogP contribution in [0.3, 0.4) is 0 Å². The van der Waals surface area contributed by atoms with Crippen LogP contribution in [-0.4, -0.2) is 44.8 Å². The Morgan fingerprint density at radius 2 is 1.80 bits per heavy atom. The predicted molar refractivity (Wildman–Crippen MR) is 119 cm³/mol. The molecule has 2 atom stereocenters. The van der Waals surface area contributed by atoms with Gasteiger partial charge >= 0.3 is 6.18 Å². The van der Waals surface area contributed by atoms with E-state index in [4.69, 9.17) is 0 Å². The number of halogens is 5. The smallest absolute Gasteiger partial charge is 0.343 e. The zero-order chi connectivity index (χ0) is 25.5. The molecule has 12 heteroatoms. The van der Waals surface area contributed by atoms with Gasteiger partial charge in [-0.1, -0.05) is 36.0 Å². The standard InChI is InChI=1S/C23H19F5N4O2S/c1-31-12-14(17-11-18(23(26,27)28)32(2)30-17)22(21(31)34,35-13-7-4-3-5-8-13)20(33)29-16-10-6-9-15(24)19(16)25/h3-11,14H,12H2,1-2H3,(H,29,33). The number of likely N-dealkylation sites (N-methyl/N-ethyl adjacent to an activating group) is 1. The first-order valence-corrected chi connectivity index (χ1v) is 11.1. The van der Waals surface area contributed by atoms with E-state index in [0.717, 1.165) is 37.0 Å². The number of amides is 2. The molecule has 0 spiro atoms. The maximum Gasteiger partial charge on any atom is 0.433 e. The van der Waals surface area contributed by atoms with E-state index < -0.39 is 51.7 Å². The number of hydrogen-bond acceptors (Lipinski definition) is 4. The van der Waals surface area contributed by atoms with Gasteiger partial charge in [-0.3, -0.25) is 14.3 Å². The van der Waals surface area contributed by atoms with Gasteiger partial charge in [-0.15, -0.1) is 0 Å². The molecule has 0 bridgehead atoms. The highest BCUT2D eigenvalue weighted by Gasteiger charge is 2.61. The van der Waals surface area contributed by atoms with E-state index in [1.165, 1.54) is 18.0 Å². The number of rotatable bonds is 5. The third-order valence-corrected chi connectivity index (χ3v) is 7.19. The lowest BCUT2D eigenvalue weighted by Crippen LogP contribution is -2.49. The minimum absolute atomic E-state index is 0.119. The second-order valence-electron chi connectivity index (χ2n) is 8.02. The van der Waals surface area contributed by atoms with Crippen LogP contribution >= 0.6 is 11.8 Å². The molecule has 4 rings (SSSR count). The van der Waals surface area contributed by atoms with Crippen LogP contribution in [0.4, 0.5) is 27.6 Å². The lowest BCUT2D eigenvalue weighted by Gasteiger charge is -2.30. The fraction of sp³-hybridized carbons (Fsp3) is 0.261. The van der Waals surface area contributed by atoms with Gasteiger partial charge in [0.2, 0.25) is 5.91 Å². The Kier molecular flexibility index (Phi) is 6.34. The van der Waals surface area contributed by atoms with Gasteiger partial charge in [-0.25, -0.2) is 8.78 Å². The molecule has 0 aliphatic carbocycles. The van der Waals surface area contributed by atoms with Crippen LogP contribution in [0.15, 0.2) is 59.5 Å². The fourth-order valence-corrected chi connectivity index (χ4v) is 5.44. The molecule has 1 N–H and O–H groups in total. The molecule has 1 saturated heterocycles.